The van der Waals surface area contributed by atoms with Crippen molar-refractivity contribution in [3.63, 3.8) is 0 Å². The molecule has 1 N–H and O–H groups in total. The van der Waals surface area contributed by atoms with Gasteiger partial charge in [0.05, 0.1) is 5.56 Å². The summed E-state index contributed by atoms with van der Waals surface area (Å²) >= 11 is 0. The summed E-state index contributed by atoms with van der Waals surface area (Å²) in [5.41, 5.74) is 1.59. The molecule has 2 aromatic heterocycles. The van der Waals surface area contributed by atoms with Gasteiger partial charge < -0.3 is 10.1 Å². The summed E-state index contributed by atoms with van der Waals surface area (Å²) in [6, 6.07) is 8.62. The molecule has 1 amide bonds. The third-order valence-corrected chi connectivity index (χ3v) is 3.95. The molecule has 6 nitrogen and oxygen atoms in total. The van der Waals surface area contributed by atoms with Gasteiger partial charge in [-0.05, 0) is 42.0 Å². The highest BCUT2D eigenvalue weighted by Crippen LogP contribution is 2.40. The number of anilines is 1. The van der Waals surface area contributed by atoms with Crippen LogP contribution in [0, 0.1) is 5.82 Å². The van der Waals surface area contributed by atoms with Crippen LogP contribution in [-0.4, -0.2) is 27.3 Å². The van der Waals surface area contributed by atoms with E-state index in [-0.39, 0.29) is 29.6 Å². The van der Waals surface area contributed by atoms with Gasteiger partial charge in [-0.15, -0.1) is 0 Å². The predicted octanol–water partition coefficient (Wildman–Crippen LogP) is 4.24. The molecule has 0 aliphatic carbocycles. The number of alkyl halides is 2. The fourth-order valence-electron chi connectivity index (χ4n) is 2.68. The van der Waals surface area contributed by atoms with Gasteiger partial charge in [0.1, 0.15) is 17.3 Å². The number of rotatable bonds is 6. The van der Waals surface area contributed by atoms with Crippen molar-refractivity contribution in [1.29, 1.82) is 0 Å². The van der Waals surface area contributed by atoms with Crippen molar-refractivity contribution in [3.05, 3.63) is 48.4 Å². The maximum absolute atomic E-state index is 13.3. The monoisotopic (exact) mass is 390 g/mol. The standard InChI is InChI=1S/C19H17F3N4O2/c1-3-15(27)24-14-10-12(8-9-23-14)16-17(11-4-6-13(20)7-5-11)25-26(2)18(16)28-19(21)22/h4-10,19H,3H2,1-2H3,(H,23,24,27). The lowest BCUT2D eigenvalue weighted by Gasteiger charge is -2.10. The molecule has 0 bridgehead atoms. The Morgan fingerprint density at radius 1 is 1.21 bits per heavy atom. The summed E-state index contributed by atoms with van der Waals surface area (Å²) in [5.74, 6) is -0.563. The summed E-state index contributed by atoms with van der Waals surface area (Å²) < 4.78 is 45.1. The van der Waals surface area contributed by atoms with E-state index in [2.05, 4.69) is 20.1 Å². The highest BCUT2D eigenvalue weighted by molar-refractivity contribution is 5.91. The number of carbonyl (C=O) groups excluding carboxylic acids is 1. The van der Waals surface area contributed by atoms with Crippen LogP contribution in [0.1, 0.15) is 13.3 Å². The molecule has 2 heterocycles. The van der Waals surface area contributed by atoms with E-state index in [1.807, 2.05) is 0 Å². The van der Waals surface area contributed by atoms with Crippen LogP contribution in [0.15, 0.2) is 42.6 Å². The van der Waals surface area contributed by atoms with Crippen LogP contribution in [0.4, 0.5) is 19.0 Å². The molecule has 0 fully saturated rings. The Hall–Kier alpha value is -3.36. The Bertz CT molecular complexity index is 987. The number of ether oxygens (including phenoxy) is 1. The quantitative estimate of drug-likeness (QED) is 0.684. The molecule has 1 aromatic carbocycles. The molecule has 3 rings (SSSR count). The van der Waals surface area contributed by atoms with E-state index in [9.17, 15) is 18.0 Å². The number of aromatic nitrogens is 3. The number of hydrogen-bond acceptors (Lipinski definition) is 4. The molecular weight excluding hydrogens is 373 g/mol. The average Bonchev–Trinajstić information content (AvgIpc) is 2.98. The van der Waals surface area contributed by atoms with E-state index in [0.29, 0.717) is 16.8 Å². The van der Waals surface area contributed by atoms with Crippen LogP contribution in [0.2, 0.25) is 0 Å². The maximum atomic E-state index is 13.3. The molecule has 0 saturated carbocycles. The van der Waals surface area contributed by atoms with E-state index < -0.39 is 12.4 Å². The summed E-state index contributed by atoms with van der Waals surface area (Å²) in [6.07, 6.45) is 1.70. The molecule has 0 radical (unpaired) electrons. The van der Waals surface area contributed by atoms with Gasteiger partial charge in [0, 0.05) is 25.2 Å². The molecule has 9 heteroatoms. The normalized spacial score (nSPS) is 10.9. The second-order valence-corrected chi connectivity index (χ2v) is 5.87. The molecule has 0 unspecified atom stereocenters. The largest absolute Gasteiger partial charge is 0.416 e. The Morgan fingerprint density at radius 2 is 1.93 bits per heavy atom. The molecular formula is C19H17F3N4O2. The van der Waals surface area contributed by atoms with Crippen LogP contribution in [0.5, 0.6) is 5.88 Å². The predicted molar refractivity (Wildman–Crippen MR) is 97.4 cm³/mol. The number of amides is 1. The number of carbonyl (C=O) groups is 1. The first-order chi connectivity index (χ1) is 13.4. The van der Waals surface area contributed by atoms with E-state index in [1.54, 1.807) is 13.0 Å². The SMILES string of the molecule is CCC(=O)Nc1cc(-c2c(-c3ccc(F)cc3)nn(C)c2OC(F)F)ccn1. The summed E-state index contributed by atoms with van der Waals surface area (Å²) in [5, 5.41) is 6.89. The lowest BCUT2D eigenvalue weighted by atomic mass is 10.0. The summed E-state index contributed by atoms with van der Waals surface area (Å²) in [6.45, 7) is -1.36. The summed E-state index contributed by atoms with van der Waals surface area (Å²) in [4.78, 5) is 15.7. The van der Waals surface area contributed by atoms with Crippen molar-refractivity contribution in [2.24, 2.45) is 7.05 Å². The van der Waals surface area contributed by atoms with Crippen molar-refractivity contribution < 1.29 is 22.7 Å². The molecule has 0 saturated heterocycles. The van der Waals surface area contributed by atoms with Gasteiger partial charge in [0.25, 0.3) is 0 Å². The van der Waals surface area contributed by atoms with Gasteiger partial charge in [-0.1, -0.05) is 6.92 Å². The zero-order valence-corrected chi connectivity index (χ0v) is 15.1. The van der Waals surface area contributed by atoms with Crippen LogP contribution in [0.3, 0.4) is 0 Å². The smallest absolute Gasteiger partial charge is 0.388 e. The average molecular weight is 390 g/mol. The summed E-state index contributed by atoms with van der Waals surface area (Å²) in [7, 11) is 1.47. The van der Waals surface area contributed by atoms with Gasteiger partial charge in [0.2, 0.25) is 11.8 Å². The second kappa shape index (κ2) is 8.12. The first kappa shape index (κ1) is 19.4. The molecule has 0 aliphatic rings. The number of pyridine rings is 1. The number of halogens is 3. The van der Waals surface area contributed by atoms with Gasteiger partial charge in [0.15, 0.2) is 0 Å². The number of nitrogens with one attached hydrogen (secondary N) is 1. The third-order valence-electron chi connectivity index (χ3n) is 3.95. The zero-order chi connectivity index (χ0) is 20.3. The minimum atomic E-state index is -3.06. The van der Waals surface area contributed by atoms with Crippen molar-refractivity contribution in [2.45, 2.75) is 20.0 Å². The lowest BCUT2D eigenvalue weighted by molar-refractivity contribution is -0.115. The Balaban J connectivity index is 2.16. The number of nitrogens with zero attached hydrogens (tertiary/aromatic N) is 3. The van der Waals surface area contributed by atoms with Crippen molar-refractivity contribution in [3.8, 4) is 28.3 Å². The van der Waals surface area contributed by atoms with Gasteiger partial charge in [-0.25, -0.2) is 14.1 Å². The Labute approximate surface area is 159 Å². The third kappa shape index (κ3) is 4.13. The second-order valence-electron chi connectivity index (χ2n) is 5.87. The van der Waals surface area contributed by atoms with E-state index in [0.717, 1.165) is 0 Å². The Morgan fingerprint density at radius 3 is 2.57 bits per heavy atom. The topological polar surface area (TPSA) is 69.0 Å². The lowest BCUT2D eigenvalue weighted by Crippen LogP contribution is -2.10. The fraction of sp³-hybridized carbons (Fsp3) is 0.211. The van der Waals surface area contributed by atoms with Crippen molar-refractivity contribution in [1.82, 2.24) is 14.8 Å². The number of hydrogen-bond donors (Lipinski definition) is 1. The number of benzene rings is 1. The molecule has 0 aliphatic heterocycles. The molecule has 0 atom stereocenters. The van der Waals surface area contributed by atoms with Gasteiger partial charge in [-0.2, -0.15) is 13.9 Å². The first-order valence-electron chi connectivity index (χ1n) is 8.43. The van der Waals surface area contributed by atoms with E-state index >= 15 is 0 Å². The highest BCUT2D eigenvalue weighted by atomic mass is 19.3. The Kier molecular flexibility index (Phi) is 5.62. The zero-order valence-electron chi connectivity index (χ0n) is 15.1. The maximum Gasteiger partial charge on any atom is 0.388 e. The van der Waals surface area contributed by atoms with Crippen LogP contribution < -0.4 is 10.1 Å². The van der Waals surface area contributed by atoms with Crippen molar-refractivity contribution >= 4 is 11.7 Å². The van der Waals surface area contributed by atoms with Crippen molar-refractivity contribution in [2.75, 3.05) is 5.32 Å². The first-order valence-corrected chi connectivity index (χ1v) is 8.43. The molecule has 3 aromatic rings. The van der Waals surface area contributed by atoms with E-state index in [4.69, 9.17) is 0 Å². The minimum absolute atomic E-state index is 0.159. The minimum Gasteiger partial charge on any atom is -0.416 e. The molecule has 28 heavy (non-hydrogen) atoms. The fourth-order valence-corrected chi connectivity index (χ4v) is 2.68. The highest BCUT2D eigenvalue weighted by Gasteiger charge is 2.23. The molecule has 146 valence electrons. The van der Waals surface area contributed by atoms with Gasteiger partial charge >= 0.3 is 6.61 Å². The molecule has 0 spiro atoms. The van der Waals surface area contributed by atoms with Crippen LogP contribution >= 0.6 is 0 Å². The van der Waals surface area contributed by atoms with Gasteiger partial charge in [-0.3, -0.25) is 4.79 Å². The van der Waals surface area contributed by atoms with Crippen LogP contribution in [-0.2, 0) is 11.8 Å². The van der Waals surface area contributed by atoms with E-state index in [1.165, 1.54) is 48.3 Å². The van der Waals surface area contributed by atoms with Crippen LogP contribution in [0.25, 0.3) is 22.4 Å². The number of aryl methyl sites for hydroxylation is 1.